The average Bonchev–Trinajstić information content (AvgIpc) is 2.55. The van der Waals surface area contributed by atoms with E-state index in [0.717, 1.165) is 0 Å². The van der Waals surface area contributed by atoms with Gasteiger partial charge in [-0.1, -0.05) is 0 Å². The maximum atomic E-state index is 12.3. The van der Waals surface area contributed by atoms with Gasteiger partial charge in [-0.3, -0.25) is 0 Å². The molecule has 0 aromatic heterocycles. The van der Waals surface area contributed by atoms with Crippen LogP contribution in [0.3, 0.4) is 0 Å². The van der Waals surface area contributed by atoms with Gasteiger partial charge >= 0.3 is 18.3 Å². The van der Waals surface area contributed by atoms with Crippen molar-refractivity contribution in [1.29, 1.82) is 0 Å². The molecular weight excluding hydrogens is 370 g/mol. The van der Waals surface area contributed by atoms with Crippen LogP contribution < -0.4 is 10.6 Å². The third-order valence-electron chi connectivity index (χ3n) is 3.28. The summed E-state index contributed by atoms with van der Waals surface area (Å²) in [5.41, 5.74) is -1.31. The standard InChI is InChI=1S/C18H33N3O7/c1-17(2,3)27-14(22)19-11-13(12-20-15(23)28-18(4,5)6)26-16(24)21-7-9-25-10-8-21/h13H,7-12H2,1-6H3,(H,19,22)(H,20,23). The van der Waals surface area contributed by atoms with Gasteiger partial charge in [-0.15, -0.1) is 0 Å². The van der Waals surface area contributed by atoms with Crippen molar-refractivity contribution in [2.75, 3.05) is 39.4 Å². The topological polar surface area (TPSA) is 115 Å². The van der Waals surface area contributed by atoms with Crippen molar-refractivity contribution < 1.29 is 33.3 Å². The van der Waals surface area contributed by atoms with Crippen LogP contribution in [0.15, 0.2) is 0 Å². The van der Waals surface area contributed by atoms with Gasteiger partial charge in [-0.25, -0.2) is 14.4 Å². The molecule has 0 atom stereocenters. The normalized spacial score (nSPS) is 15.0. The molecule has 0 unspecified atom stereocenters. The smallest absolute Gasteiger partial charge is 0.410 e. The summed E-state index contributed by atoms with van der Waals surface area (Å²) >= 11 is 0. The van der Waals surface area contributed by atoms with Crippen LogP contribution >= 0.6 is 0 Å². The Hall–Kier alpha value is -2.23. The summed E-state index contributed by atoms with van der Waals surface area (Å²) in [6.45, 7) is 12.1. The maximum Gasteiger partial charge on any atom is 0.410 e. The third kappa shape index (κ3) is 10.8. The van der Waals surface area contributed by atoms with Crippen molar-refractivity contribution in [3.8, 4) is 0 Å². The van der Waals surface area contributed by atoms with Crippen LogP contribution in [-0.4, -0.2) is 79.9 Å². The van der Waals surface area contributed by atoms with Crippen LogP contribution in [0.4, 0.5) is 14.4 Å². The molecule has 0 spiro atoms. The molecule has 10 heteroatoms. The fraction of sp³-hybridized carbons (Fsp3) is 0.833. The molecular formula is C18H33N3O7. The molecule has 1 saturated heterocycles. The highest BCUT2D eigenvalue weighted by Gasteiger charge is 2.25. The molecule has 1 rings (SSSR count). The predicted molar refractivity (Wildman–Crippen MR) is 101 cm³/mol. The Labute approximate surface area is 166 Å². The van der Waals surface area contributed by atoms with E-state index in [1.54, 1.807) is 41.5 Å². The van der Waals surface area contributed by atoms with Gasteiger partial charge < -0.3 is 34.5 Å². The lowest BCUT2D eigenvalue weighted by Gasteiger charge is -2.29. The second-order valence-electron chi connectivity index (χ2n) is 8.37. The van der Waals surface area contributed by atoms with Crippen LogP contribution in [0.1, 0.15) is 41.5 Å². The molecule has 3 amide bonds. The molecule has 0 aromatic rings. The number of alkyl carbamates (subject to hydrolysis) is 2. The second kappa shape index (κ2) is 10.4. The highest BCUT2D eigenvalue weighted by atomic mass is 16.6. The molecule has 0 saturated carbocycles. The summed E-state index contributed by atoms with van der Waals surface area (Å²) in [7, 11) is 0. The molecule has 0 radical (unpaired) electrons. The quantitative estimate of drug-likeness (QED) is 0.673. The second-order valence-corrected chi connectivity index (χ2v) is 8.37. The first-order valence-corrected chi connectivity index (χ1v) is 9.33. The zero-order valence-corrected chi connectivity index (χ0v) is 17.6. The van der Waals surface area contributed by atoms with Crippen molar-refractivity contribution in [2.45, 2.75) is 58.8 Å². The summed E-state index contributed by atoms with van der Waals surface area (Å²) in [6, 6.07) is 0. The van der Waals surface area contributed by atoms with E-state index in [9.17, 15) is 14.4 Å². The monoisotopic (exact) mass is 403 g/mol. The zero-order chi connectivity index (χ0) is 21.4. The lowest BCUT2D eigenvalue weighted by molar-refractivity contribution is 0.00930. The first kappa shape index (κ1) is 23.8. The number of hydrogen-bond donors (Lipinski definition) is 2. The minimum absolute atomic E-state index is 0.0270. The number of morpholine rings is 1. The molecule has 28 heavy (non-hydrogen) atoms. The van der Waals surface area contributed by atoms with Crippen LogP contribution in [0.2, 0.25) is 0 Å². The fourth-order valence-corrected chi connectivity index (χ4v) is 2.14. The van der Waals surface area contributed by atoms with E-state index in [1.807, 2.05) is 0 Å². The summed E-state index contributed by atoms with van der Waals surface area (Å²) in [4.78, 5) is 37.6. The first-order chi connectivity index (χ1) is 12.9. The lowest BCUT2D eigenvalue weighted by Crippen LogP contribution is -2.48. The van der Waals surface area contributed by atoms with Crippen molar-refractivity contribution in [3.63, 3.8) is 0 Å². The molecule has 1 aliphatic heterocycles. The van der Waals surface area contributed by atoms with Crippen molar-refractivity contribution >= 4 is 18.3 Å². The minimum Gasteiger partial charge on any atom is -0.444 e. The van der Waals surface area contributed by atoms with E-state index in [4.69, 9.17) is 18.9 Å². The fourth-order valence-electron chi connectivity index (χ4n) is 2.14. The highest BCUT2D eigenvalue weighted by Crippen LogP contribution is 2.08. The zero-order valence-electron chi connectivity index (χ0n) is 17.6. The van der Waals surface area contributed by atoms with Gasteiger partial charge in [0.1, 0.15) is 17.3 Å². The molecule has 10 nitrogen and oxygen atoms in total. The van der Waals surface area contributed by atoms with Crippen molar-refractivity contribution in [2.24, 2.45) is 0 Å². The number of ether oxygens (including phenoxy) is 4. The summed E-state index contributed by atoms with van der Waals surface area (Å²) in [6.07, 6.45) is -2.62. The van der Waals surface area contributed by atoms with Crippen LogP contribution in [-0.2, 0) is 18.9 Å². The average molecular weight is 403 g/mol. The number of amides is 3. The van der Waals surface area contributed by atoms with E-state index in [2.05, 4.69) is 10.6 Å². The SMILES string of the molecule is CC(C)(C)OC(=O)NCC(CNC(=O)OC(C)(C)C)OC(=O)N1CCOCC1. The van der Waals surface area contributed by atoms with E-state index >= 15 is 0 Å². The Kier molecular flexibility index (Phi) is 8.80. The minimum atomic E-state index is -0.796. The Morgan fingerprint density at radius 1 is 0.893 bits per heavy atom. The Balaban J connectivity index is 2.60. The van der Waals surface area contributed by atoms with Gasteiger partial charge in [0, 0.05) is 13.1 Å². The van der Waals surface area contributed by atoms with Gasteiger partial charge in [0.15, 0.2) is 0 Å². The van der Waals surface area contributed by atoms with Gasteiger partial charge in [0.2, 0.25) is 0 Å². The van der Waals surface area contributed by atoms with Crippen molar-refractivity contribution in [1.82, 2.24) is 15.5 Å². The van der Waals surface area contributed by atoms with E-state index in [-0.39, 0.29) is 13.1 Å². The van der Waals surface area contributed by atoms with E-state index < -0.39 is 35.6 Å². The van der Waals surface area contributed by atoms with Crippen LogP contribution in [0.5, 0.6) is 0 Å². The molecule has 1 fully saturated rings. The molecule has 0 aromatic carbocycles. The third-order valence-corrected chi connectivity index (χ3v) is 3.28. The summed E-state index contributed by atoms with van der Waals surface area (Å²) in [5, 5.41) is 5.09. The van der Waals surface area contributed by atoms with Gasteiger partial charge in [-0.2, -0.15) is 0 Å². The van der Waals surface area contributed by atoms with Crippen LogP contribution in [0, 0.1) is 0 Å². The number of carbonyl (C=O) groups is 3. The Bertz CT molecular complexity index is 502. The Morgan fingerprint density at radius 3 is 1.71 bits per heavy atom. The number of nitrogens with zero attached hydrogens (tertiary/aromatic N) is 1. The molecule has 0 bridgehead atoms. The largest absolute Gasteiger partial charge is 0.444 e. The maximum absolute atomic E-state index is 12.3. The van der Waals surface area contributed by atoms with Crippen molar-refractivity contribution in [3.05, 3.63) is 0 Å². The highest BCUT2D eigenvalue weighted by molar-refractivity contribution is 5.70. The summed E-state index contributed by atoms with van der Waals surface area (Å²) in [5.74, 6) is 0. The van der Waals surface area contributed by atoms with Gasteiger partial charge in [0.05, 0.1) is 26.3 Å². The van der Waals surface area contributed by atoms with Gasteiger partial charge in [0.25, 0.3) is 0 Å². The lowest BCUT2D eigenvalue weighted by atomic mass is 10.2. The van der Waals surface area contributed by atoms with Crippen LogP contribution in [0.25, 0.3) is 0 Å². The number of nitrogens with one attached hydrogen (secondary N) is 2. The number of hydrogen-bond acceptors (Lipinski definition) is 7. The first-order valence-electron chi connectivity index (χ1n) is 9.33. The number of rotatable bonds is 5. The molecule has 2 N–H and O–H groups in total. The predicted octanol–water partition coefficient (Wildman–Crippen LogP) is 1.87. The molecule has 0 aliphatic carbocycles. The molecule has 1 heterocycles. The number of carbonyl (C=O) groups excluding carboxylic acids is 3. The Morgan fingerprint density at radius 2 is 1.32 bits per heavy atom. The molecule has 162 valence electrons. The molecule has 1 aliphatic rings. The summed E-state index contributed by atoms with van der Waals surface area (Å²) < 4.78 is 21.0. The van der Waals surface area contributed by atoms with E-state index in [0.29, 0.717) is 26.3 Å². The van der Waals surface area contributed by atoms with Gasteiger partial charge in [-0.05, 0) is 41.5 Å². The van der Waals surface area contributed by atoms with E-state index in [1.165, 1.54) is 4.90 Å².